The summed E-state index contributed by atoms with van der Waals surface area (Å²) in [4.78, 5) is 36.3. The van der Waals surface area contributed by atoms with E-state index in [0.717, 1.165) is 18.2 Å². The van der Waals surface area contributed by atoms with E-state index in [1.807, 2.05) is 0 Å². The van der Waals surface area contributed by atoms with Crippen LogP contribution in [0.2, 0.25) is 5.02 Å². The fraction of sp³-hybridized carbons (Fsp3) is 0.154. The molecule has 210 valence electrons. The summed E-state index contributed by atoms with van der Waals surface area (Å²) in [6.07, 6.45) is -3.37. The molecule has 0 fully saturated rings. The molecule has 3 aromatic rings. The van der Waals surface area contributed by atoms with Gasteiger partial charge in [0.2, 0.25) is 0 Å². The Kier molecular flexibility index (Phi) is 9.92. The quantitative estimate of drug-likeness (QED) is 0.195. The number of rotatable bonds is 9. The Morgan fingerprint density at radius 1 is 0.925 bits per heavy atom. The Morgan fingerprint density at radius 3 is 2.30 bits per heavy atom. The normalized spacial score (nSPS) is 11.1. The van der Waals surface area contributed by atoms with Crippen LogP contribution >= 0.6 is 11.6 Å². The van der Waals surface area contributed by atoms with E-state index < -0.39 is 36.1 Å². The summed E-state index contributed by atoms with van der Waals surface area (Å²) in [5.74, 6) is -2.05. The van der Waals surface area contributed by atoms with Gasteiger partial charge in [0.05, 0.1) is 31.0 Å². The van der Waals surface area contributed by atoms with Crippen molar-refractivity contribution in [2.45, 2.75) is 6.18 Å². The van der Waals surface area contributed by atoms with E-state index in [2.05, 4.69) is 21.2 Å². The molecule has 0 aromatic heterocycles. The van der Waals surface area contributed by atoms with Crippen molar-refractivity contribution in [2.24, 2.45) is 5.10 Å². The zero-order chi connectivity index (χ0) is 29.3. The Bertz CT molecular complexity index is 1410. The Balaban J connectivity index is 1.57. The van der Waals surface area contributed by atoms with Crippen molar-refractivity contribution in [3.63, 3.8) is 0 Å². The standard InChI is InChI=1S/C26H22ClF3N4O6/c1-38-19-8-6-17(7-9-19)33-24(36)25(37)34-31-13-15-10-20(27)23(21(11-15)39-2)40-14-22(35)32-18-5-3-4-16(12-18)26(28,29)30/h3-13H,14H2,1-2H3,(H,32,35)(H,33,36)(H,34,37)/b31-13-. The maximum atomic E-state index is 12.9. The highest BCUT2D eigenvalue weighted by molar-refractivity contribution is 6.39. The molecular weight excluding hydrogens is 557 g/mol. The number of carbonyl (C=O) groups is 3. The van der Waals surface area contributed by atoms with E-state index in [9.17, 15) is 27.6 Å². The topological polar surface area (TPSA) is 127 Å². The molecule has 0 saturated heterocycles. The van der Waals surface area contributed by atoms with Crippen LogP contribution in [0.15, 0.2) is 65.8 Å². The molecule has 3 amide bonds. The van der Waals surface area contributed by atoms with Gasteiger partial charge in [-0.05, 0) is 60.2 Å². The van der Waals surface area contributed by atoms with Crippen LogP contribution in [0.5, 0.6) is 17.2 Å². The highest BCUT2D eigenvalue weighted by Crippen LogP contribution is 2.36. The summed E-state index contributed by atoms with van der Waals surface area (Å²) >= 11 is 6.25. The molecule has 0 atom stereocenters. The average molecular weight is 579 g/mol. The van der Waals surface area contributed by atoms with E-state index in [1.165, 1.54) is 38.6 Å². The van der Waals surface area contributed by atoms with E-state index in [4.69, 9.17) is 25.8 Å². The zero-order valence-corrected chi connectivity index (χ0v) is 21.7. The number of hydrogen-bond donors (Lipinski definition) is 3. The first kappa shape index (κ1) is 29.8. The maximum Gasteiger partial charge on any atom is 0.416 e. The van der Waals surface area contributed by atoms with E-state index in [-0.39, 0.29) is 22.2 Å². The summed E-state index contributed by atoms with van der Waals surface area (Å²) in [7, 11) is 2.81. The third-order valence-corrected chi connectivity index (χ3v) is 5.29. The first-order valence-corrected chi connectivity index (χ1v) is 11.6. The average Bonchev–Trinajstić information content (AvgIpc) is 2.92. The number of amides is 3. The van der Waals surface area contributed by atoms with Crippen LogP contribution in [0, 0.1) is 0 Å². The smallest absolute Gasteiger partial charge is 0.416 e. The molecule has 0 aliphatic heterocycles. The van der Waals surface area contributed by atoms with Gasteiger partial charge in [-0.1, -0.05) is 17.7 Å². The lowest BCUT2D eigenvalue weighted by molar-refractivity contribution is -0.137. The molecule has 14 heteroatoms. The fourth-order valence-corrected chi connectivity index (χ4v) is 3.41. The van der Waals surface area contributed by atoms with Crippen LogP contribution in [-0.2, 0) is 20.6 Å². The number of hydrazone groups is 1. The molecule has 3 rings (SSSR count). The van der Waals surface area contributed by atoms with E-state index >= 15 is 0 Å². The SMILES string of the molecule is COc1ccc(NC(=O)C(=O)N/N=C\c2cc(Cl)c(OCC(=O)Nc3cccc(C(F)(F)F)c3)c(OC)c2)cc1. The first-order valence-electron chi connectivity index (χ1n) is 11.3. The number of carbonyl (C=O) groups excluding carboxylic acids is 3. The van der Waals surface area contributed by atoms with Crippen LogP contribution in [-0.4, -0.2) is 44.8 Å². The van der Waals surface area contributed by atoms with Gasteiger partial charge in [0.15, 0.2) is 18.1 Å². The number of ether oxygens (including phenoxy) is 3. The number of hydrogen-bond acceptors (Lipinski definition) is 7. The van der Waals surface area contributed by atoms with Crippen LogP contribution in [0.3, 0.4) is 0 Å². The van der Waals surface area contributed by atoms with Crippen molar-refractivity contribution in [3.05, 3.63) is 76.8 Å². The van der Waals surface area contributed by atoms with Gasteiger partial charge >= 0.3 is 18.0 Å². The molecule has 0 unspecified atom stereocenters. The number of nitrogens with zero attached hydrogens (tertiary/aromatic N) is 1. The lowest BCUT2D eigenvalue weighted by atomic mass is 10.2. The van der Waals surface area contributed by atoms with Crippen LogP contribution in [0.25, 0.3) is 0 Å². The monoisotopic (exact) mass is 578 g/mol. The summed E-state index contributed by atoms with van der Waals surface area (Å²) in [5.41, 5.74) is 1.82. The second-order valence-corrected chi connectivity index (χ2v) is 8.24. The molecule has 0 aliphatic rings. The molecule has 40 heavy (non-hydrogen) atoms. The largest absolute Gasteiger partial charge is 0.497 e. The fourth-order valence-electron chi connectivity index (χ4n) is 3.14. The van der Waals surface area contributed by atoms with Crippen LogP contribution in [0.1, 0.15) is 11.1 Å². The molecule has 0 heterocycles. The van der Waals surface area contributed by atoms with Gasteiger partial charge in [-0.3, -0.25) is 14.4 Å². The van der Waals surface area contributed by atoms with Crippen LogP contribution in [0.4, 0.5) is 24.5 Å². The molecule has 0 radical (unpaired) electrons. The Morgan fingerprint density at radius 2 is 1.65 bits per heavy atom. The third kappa shape index (κ3) is 8.36. The second kappa shape index (κ2) is 13.3. The number of methoxy groups -OCH3 is 2. The highest BCUT2D eigenvalue weighted by atomic mass is 35.5. The number of halogens is 4. The second-order valence-electron chi connectivity index (χ2n) is 7.83. The van der Waals surface area contributed by atoms with E-state index in [0.29, 0.717) is 17.0 Å². The van der Waals surface area contributed by atoms with Crippen molar-refractivity contribution in [1.82, 2.24) is 5.43 Å². The number of anilines is 2. The lowest BCUT2D eigenvalue weighted by Gasteiger charge is -2.14. The van der Waals surface area contributed by atoms with Crippen molar-refractivity contribution in [3.8, 4) is 17.2 Å². The maximum absolute atomic E-state index is 12.9. The zero-order valence-electron chi connectivity index (χ0n) is 21.0. The predicted octanol–water partition coefficient (Wildman–Crippen LogP) is 4.48. The van der Waals surface area contributed by atoms with Gasteiger partial charge in [-0.15, -0.1) is 0 Å². The van der Waals surface area contributed by atoms with Gasteiger partial charge in [0.1, 0.15) is 5.75 Å². The molecule has 0 spiro atoms. The molecule has 3 N–H and O–H groups in total. The minimum Gasteiger partial charge on any atom is -0.497 e. The minimum absolute atomic E-state index is 0.0104. The van der Waals surface area contributed by atoms with Gasteiger partial charge in [0, 0.05) is 11.4 Å². The van der Waals surface area contributed by atoms with Gasteiger partial charge in [-0.2, -0.15) is 18.3 Å². The third-order valence-electron chi connectivity index (χ3n) is 5.01. The van der Waals surface area contributed by atoms with E-state index in [1.54, 1.807) is 24.3 Å². The van der Waals surface area contributed by atoms with Crippen molar-refractivity contribution in [1.29, 1.82) is 0 Å². The Hall–Kier alpha value is -4.78. The highest BCUT2D eigenvalue weighted by Gasteiger charge is 2.30. The van der Waals surface area contributed by atoms with Crippen molar-refractivity contribution >= 4 is 46.9 Å². The van der Waals surface area contributed by atoms with Gasteiger partial charge in [-0.25, -0.2) is 5.43 Å². The van der Waals surface area contributed by atoms with Crippen molar-refractivity contribution < 1.29 is 41.8 Å². The number of benzene rings is 3. The Labute approximate surface area is 231 Å². The summed E-state index contributed by atoms with van der Waals surface area (Å²) in [5, 5.41) is 8.45. The van der Waals surface area contributed by atoms with Gasteiger partial charge < -0.3 is 24.8 Å². The number of alkyl halides is 3. The predicted molar refractivity (Wildman–Crippen MR) is 141 cm³/mol. The lowest BCUT2D eigenvalue weighted by Crippen LogP contribution is -2.32. The van der Waals surface area contributed by atoms with Crippen molar-refractivity contribution in [2.75, 3.05) is 31.5 Å². The first-order chi connectivity index (χ1) is 19.0. The molecule has 10 nitrogen and oxygen atoms in total. The number of nitrogens with one attached hydrogen (secondary N) is 3. The molecule has 0 bridgehead atoms. The molecule has 0 saturated carbocycles. The van der Waals surface area contributed by atoms with Gasteiger partial charge in [0.25, 0.3) is 5.91 Å². The molecule has 0 aliphatic carbocycles. The summed E-state index contributed by atoms with van der Waals surface area (Å²) in [6.45, 7) is -0.584. The molecule has 3 aromatic carbocycles. The minimum atomic E-state index is -4.56. The summed E-state index contributed by atoms with van der Waals surface area (Å²) < 4.78 is 54.3. The van der Waals surface area contributed by atoms with Crippen LogP contribution < -0.4 is 30.3 Å². The molecular formula is C26H22ClF3N4O6. The summed E-state index contributed by atoms with van der Waals surface area (Å²) in [6, 6.07) is 13.3.